The number of piperazine rings is 1. The molecule has 12 heteroatoms. The first-order valence-electron chi connectivity index (χ1n) is 14.4. The minimum Gasteiger partial charge on any atom is -0.496 e. The Bertz CT molecular complexity index is 1140. The number of urea groups is 1. The quantitative estimate of drug-likeness (QED) is 0.300. The summed E-state index contributed by atoms with van der Waals surface area (Å²) in [6.07, 6.45) is -2.25. The van der Waals surface area contributed by atoms with Gasteiger partial charge < -0.3 is 20.3 Å². The predicted octanol–water partition coefficient (Wildman–Crippen LogP) is 7.18. The van der Waals surface area contributed by atoms with Crippen LogP contribution in [0.2, 0.25) is 0 Å². The highest BCUT2D eigenvalue weighted by atomic mass is 19.4. The number of hydrogen-bond donors (Lipinski definition) is 2. The van der Waals surface area contributed by atoms with E-state index in [1.165, 1.54) is 38.5 Å². The zero-order chi connectivity index (χ0) is 30.3. The number of anilines is 1. The fraction of sp³-hybridized carbons (Fsp3) is 0.567. The highest BCUT2D eigenvalue weighted by Gasteiger charge is 2.37. The Morgan fingerprint density at radius 2 is 1.55 bits per heavy atom. The van der Waals surface area contributed by atoms with Crippen LogP contribution in [0.5, 0.6) is 5.75 Å². The Hall–Kier alpha value is -2.99. The topological polar surface area (TPSA) is 56.8 Å². The number of methoxy groups -OCH3 is 1. The summed E-state index contributed by atoms with van der Waals surface area (Å²) in [6.45, 7) is 4.30. The fourth-order valence-corrected chi connectivity index (χ4v) is 5.91. The molecule has 0 bridgehead atoms. The zero-order valence-electron chi connectivity index (χ0n) is 23.7. The van der Waals surface area contributed by atoms with Crippen LogP contribution in [0.4, 0.5) is 36.8 Å². The van der Waals surface area contributed by atoms with Gasteiger partial charge in [0, 0.05) is 44.0 Å². The molecule has 1 aliphatic heterocycles. The van der Waals surface area contributed by atoms with Crippen molar-refractivity contribution in [2.75, 3.05) is 51.7 Å². The molecule has 2 N–H and O–H groups in total. The molecule has 42 heavy (non-hydrogen) atoms. The van der Waals surface area contributed by atoms with Gasteiger partial charge in [0.15, 0.2) is 0 Å². The van der Waals surface area contributed by atoms with Gasteiger partial charge in [-0.05, 0) is 43.1 Å². The van der Waals surface area contributed by atoms with Gasteiger partial charge in [0.25, 0.3) is 0 Å². The van der Waals surface area contributed by atoms with Crippen LogP contribution in [0.1, 0.15) is 61.3 Å². The predicted molar refractivity (Wildman–Crippen MR) is 148 cm³/mol. The monoisotopic (exact) mass is 600 g/mol. The van der Waals surface area contributed by atoms with E-state index in [1.807, 2.05) is 24.3 Å². The second-order valence-electron chi connectivity index (χ2n) is 11.1. The number of alkyl halides is 6. The second-order valence-corrected chi connectivity index (χ2v) is 11.1. The van der Waals surface area contributed by atoms with E-state index in [1.54, 1.807) is 7.11 Å². The van der Waals surface area contributed by atoms with E-state index in [4.69, 9.17) is 4.74 Å². The third-order valence-corrected chi connectivity index (χ3v) is 8.23. The van der Waals surface area contributed by atoms with Crippen molar-refractivity contribution in [3.8, 4) is 5.75 Å². The summed E-state index contributed by atoms with van der Waals surface area (Å²) in [4.78, 5) is 17.4. The molecule has 1 saturated heterocycles. The average Bonchev–Trinajstić information content (AvgIpc) is 2.96. The van der Waals surface area contributed by atoms with Crippen LogP contribution in [0.25, 0.3) is 0 Å². The number of amides is 2. The molecule has 1 aliphatic carbocycles. The molecule has 1 saturated carbocycles. The molecular formula is C30H38F6N4O2. The molecule has 1 heterocycles. The first-order valence-corrected chi connectivity index (χ1v) is 14.4. The number of halogens is 6. The molecule has 1 atom stereocenters. The Labute approximate surface area is 242 Å². The van der Waals surface area contributed by atoms with Crippen molar-refractivity contribution >= 4 is 11.7 Å². The van der Waals surface area contributed by atoms with Crippen LogP contribution in [0.3, 0.4) is 0 Å². The fourth-order valence-electron chi connectivity index (χ4n) is 5.91. The van der Waals surface area contributed by atoms with E-state index in [2.05, 4.69) is 20.4 Å². The molecule has 2 aromatic rings. The van der Waals surface area contributed by atoms with Gasteiger partial charge in [0.1, 0.15) is 5.75 Å². The lowest BCUT2D eigenvalue weighted by Crippen LogP contribution is -2.50. The lowest BCUT2D eigenvalue weighted by Gasteiger charge is -2.40. The summed E-state index contributed by atoms with van der Waals surface area (Å²) in [5.41, 5.74) is -2.77. The lowest BCUT2D eigenvalue weighted by molar-refractivity contribution is -0.143. The van der Waals surface area contributed by atoms with E-state index in [-0.39, 0.29) is 18.7 Å². The van der Waals surface area contributed by atoms with Crippen molar-refractivity contribution < 1.29 is 35.9 Å². The van der Waals surface area contributed by atoms with Crippen LogP contribution >= 0.6 is 0 Å². The normalized spacial score (nSPS) is 18.5. The van der Waals surface area contributed by atoms with Crippen molar-refractivity contribution in [1.29, 1.82) is 0 Å². The van der Waals surface area contributed by atoms with Gasteiger partial charge in [-0.3, -0.25) is 4.90 Å². The van der Waals surface area contributed by atoms with Gasteiger partial charge >= 0.3 is 18.4 Å². The van der Waals surface area contributed by atoms with Crippen LogP contribution in [-0.4, -0.2) is 62.2 Å². The number of nitrogens with zero attached hydrogens (tertiary/aromatic N) is 2. The van der Waals surface area contributed by atoms with Crippen molar-refractivity contribution in [1.82, 2.24) is 15.1 Å². The highest BCUT2D eigenvalue weighted by Crippen LogP contribution is 2.37. The smallest absolute Gasteiger partial charge is 0.416 e. The number of para-hydroxylation sites is 1. The summed E-state index contributed by atoms with van der Waals surface area (Å²) in [7, 11) is 1.55. The van der Waals surface area contributed by atoms with Crippen LogP contribution in [-0.2, 0) is 12.4 Å². The largest absolute Gasteiger partial charge is 0.496 e. The average molecular weight is 601 g/mol. The summed E-state index contributed by atoms with van der Waals surface area (Å²) in [5, 5.41) is 4.80. The molecule has 0 spiro atoms. The molecule has 0 radical (unpaired) electrons. The maximum absolute atomic E-state index is 13.2. The third kappa shape index (κ3) is 8.76. The highest BCUT2D eigenvalue weighted by molar-refractivity contribution is 5.89. The van der Waals surface area contributed by atoms with Crippen molar-refractivity contribution in [2.45, 2.75) is 56.9 Å². The summed E-state index contributed by atoms with van der Waals surface area (Å²) < 4.78 is 85.0. The number of ether oxygens (including phenoxy) is 1. The molecular weight excluding hydrogens is 562 g/mol. The maximum atomic E-state index is 13.2. The van der Waals surface area contributed by atoms with Gasteiger partial charge in [-0.1, -0.05) is 50.3 Å². The molecule has 6 nitrogen and oxygen atoms in total. The van der Waals surface area contributed by atoms with E-state index >= 15 is 0 Å². The van der Waals surface area contributed by atoms with E-state index in [0.29, 0.717) is 17.9 Å². The van der Waals surface area contributed by atoms with E-state index < -0.39 is 35.2 Å². The number of nitrogens with one attached hydrogen (secondary N) is 2. The Kier molecular flexibility index (Phi) is 10.6. The van der Waals surface area contributed by atoms with Gasteiger partial charge in [-0.25, -0.2) is 4.79 Å². The molecule has 4 rings (SSSR count). The Morgan fingerprint density at radius 1 is 0.929 bits per heavy atom. The minimum absolute atomic E-state index is 0.0234. The van der Waals surface area contributed by atoms with Crippen molar-refractivity contribution in [2.24, 2.45) is 5.92 Å². The van der Waals surface area contributed by atoms with Gasteiger partial charge in [-0.2, -0.15) is 26.3 Å². The van der Waals surface area contributed by atoms with Crippen LogP contribution < -0.4 is 15.4 Å². The maximum Gasteiger partial charge on any atom is 0.416 e. The number of carbonyl (C=O) groups is 1. The first kappa shape index (κ1) is 31.9. The summed E-state index contributed by atoms with van der Waals surface area (Å²) in [5.74, 6) is 1.42. The molecule has 0 aromatic heterocycles. The first-order chi connectivity index (χ1) is 19.9. The molecule has 2 aromatic carbocycles. The third-order valence-electron chi connectivity index (χ3n) is 8.23. The van der Waals surface area contributed by atoms with Gasteiger partial charge in [0.2, 0.25) is 0 Å². The molecule has 2 fully saturated rings. The standard InChI is InChI=1S/C30H38F6N4O2/c1-42-27-10-6-5-9-25(27)26(40-15-13-39(14-16-40)12-11-21-7-3-2-4-8-21)20-37-28(41)38-24-18-22(29(31,32)33)17-23(19-24)30(34,35)36/h5-6,9-10,17-19,21,26H,2-4,7-8,11-16,20H2,1H3,(H2,37,38,41). The van der Waals surface area contributed by atoms with Gasteiger partial charge in [0.05, 0.1) is 24.3 Å². The number of carbonyl (C=O) groups excluding carboxylic acids is 1. The Balaban J connectivity index is 1.42. The summed E-state index contributed by atoms with van der Waals surface area (Å²) in [6, 6.07) is 7.15. The van der Waals surface area contributed by atoms with E-state index in [9.17, 15) is 31.1 Å². The Morgan fingerprint density at radius 3 is 2.14 bits per heavy atom. The number of benzene rings is 2. The van der Waals surface area contributed by atoms with E-state index in [0.717, 1.165) is 44.2 Å². The number of hydrogen-bond acceptors (Lipinski definition) is 4. The summed E-state index contributed by atoms with van der Waals surface area (Å²) >= 11 is 0. The molecule has 2 amide bonds. The van der Waals surface area contributed by atoms with Crippen LogP contribution in [0, 0.1) is 5.92 Å². The minimum atomic E-state index is -5.01. The number of rotatable bonds is 9. The van der Waals surface area contributed by atoms with Gasteiger partial charge in [-0.15, -0.1) is 0 Å². The lowest BCUT2D eigenvalue weighted by atomic mass is 9.87. The molecule has 1 unspecified atom stereocenters. The van der Waals surface area contributed by atoms with Crippen LogP contribution in [0.15, 0.2) is 42.5 Å². The van der Waals surface area contributed by atoms with Crippen molar-refractivity contribution in [3.63, 3.8) is 0 Å². The zero-order valence-corrected chi connectivity index (χ0v) is 23.7. The molecule has 232 valence electrons. The SMILES string of the molecule is COc1ccccc1C(CNC(=O)Nc1cc(C(F)(F)F)cc(C(F)(F)F)c1)N1CCN(CCC2CCCCC2)CC1. The second kappa shape index (κ2) is 14.0. The molecule has 2 aliphatic rings. The van der Waals surface area contributed by atoms with Crippen molar-refractivity contribution in [3.05, 3.63) is 59.2 Å².